The molecule has 2 heterocycles. The maximum Gasteiger partial charge on any atom is 0.0945 e. The summed E-state index contributed by atoms with van der Waals surface area (Å²) in [6, 6.07) is 0. The van der Waals surface area contributed by atoms with Crippen molar-refractivity contribution >= 4 is 23.5 Å². The largest absolute Gasteiger partial charge is 0.390 e. The van der Waals surface area contributed by atoms with Crippen LogP contribution in [0.4, 0.5) is 0 Å². The zero-order valence-electron chi connectivity index (χ0n) is 13.8. The maximum absolute atomic E-state index is 10.00. The van der Waals surface area contributed by atoms with Crippen molar-refractivity contribution in [3.63, 3.8) is 0 Å². The Balaban J connectivity index is 1.43. The molecule has 134 valence electrons. The lowest BCUT2D eigenvalue weighted by Crippen LogP contribution is -2.30. The molecule has 8 heteroatoms. The van der Waals surface area contributed by atoms with E-state index in [0.29, 0.717) is 11.5 Å². The van der Waals surface area contributed by atoms with Gasteiger partial charge in [-0.1, -0.05) is 0 Å². The van der Waals surface area contributed by atoms with Gasteiger partial charge in [0.1, 0.15) is 0 Å². The summed E-state index contributed by atoms with van der Waals surface area (Å²) in [7, 11) is 0. The van der Waals surface area contributed by atoms with Gasteiger partial charge in [0.2, 0.25) is 0 Å². The van der Waals surface area contributed by atoms with Crippen LogP contribution in [-0.2, 0) is 13.1 Å². The molecule has 0 radical (unpaired) electrons. The Kier molecular flexibility index (Phi) is 9.34. The lowest BCUT2D eigenvalue weighted by Gasteiger charge is -2.17. The van der Waals surface area contributed by atoms with E-state index >= 15 is 0 Å². The van der Waals surface area contributed by atoms with Gasteiger partial charge in [-0.3, -0.25) is 0 Å². The molecule has 2 rings (SSSR count). The lowest BCUT2D eigenvalue weighted by atomic mass is 10.3. The van der Waals surface area contributed by atoms with Crippen molar-refractivity contribution in [3.05, 3.63) is 37.4 Å². The van der Waals surface area contributed by atoms with Gasteiger partial charge in [0.05, 0.1) is 24.9 Å². The molecular weight excluding hydrogens is 344 g/mol. The third-order valence-corrected chi connectivity index (χ3v) is 5.86. The number of hydrogen-bond acceptors (Lipinski definition) is 6. The zero-order valence-corrected chi connectivity index (χ0v) is 15.4. The summed E-state index contributed by atoms with van der Waals surface area (Å²) < 4.78 is 4.10. The van der Waals surface area contributed by atoms with Gasteiger partial charge in [-0.2, -0.15) is 23.5 Å². The van der Waals surface area contributed by atoms with Gasteiger partial charge >= 0.3 is 0 Å². The quantitative estimate of drug-likeness (QED) is 0.523. The summed E-state index contributed by atoms with van der Waals surface area (Å²) in [4.78, 5) is 8.01. The summed E-state index contributed by atoms with van der Waals surface area (Å²) in [5, 5.41) is 20.0. The van der Waals surface area contributed by atoms with Gasteiger partial charge in [-0.25, -0.2) is 9.97 Å². The Morgan fingerprint density at radius 3 is 1.62 bits per heavy atom. The molecule has 0 aromatic carbocycles. The van der Waals surface area contributed by atoms with Crippen LogP contribution in [0, 0.1) is 0 Å². The van der Waals surface area contributed by atoms with Crippen LogP contribution in [0.15, 0.2) is 37.4 Å². The van der Waals surface area contributed by atoms with Gasteiger partial charge in [-0.15, -0.1) is 0 Å². The SMILES string of the molecule is O[C@H](CSCCCn1ccnc1)[C@@H](O)CSCCCn1ccnc1. The summed E-state index contributed by atoms with van der Waals surface area (Å²) >= 11 is 3.38. The van der Waals surface area contributed by atoms with Crippen LogP contribution in [0.3, 0.4) is 0 Å². The van der Waals surface area contributed by atoms with Crippen molar-refractivity contribution in [2.45, 2.75) is 38.1 Å². The normalized spacial score (nSPS) is 13.9. The molecule has 0 unspecified atom stereocenters. The third kappa shape index (κ3) is 7.74. The molecule has 2 atom stereocenters. The minimum absolute atomic E-state index is 0.584. The molecule has 0 bridgehead atoms. The lowest BCUT2D eigenvalue weighted by molar-refractivity contribution is 0.0500. The van der Waals surface area contributed by atoms with E-state index in [0.717, 1.165) is 37.4 Å². The summed E-state index contributed by atoms with van der Waals surface area (Å²) in [6.07, 6.45) is 11.9. The number of imidazole rings is 2. The van der Waals surface area contributed by atoms with E-state index in [2.05, 4.69) is 9.97 Å². The number of rotatable bonds is 13. The van der Waals surface area contributed by atoms with Crippen molar-refractivity contribution in [2.24, 2.45) is 0 Å². The van der Waals surface area contributed by atoms with Gasteiger partial charge in [-0.05, 0) is 24.3 Å². The fraction of sp³-hybridized carbons (Fsp3) is 0.625. The van der Waals surface area contributed by atoms with Crippen LogP contribution < -0.4 is 0 Å². The molecule has 6 nitrogen and oxygen atoms in total. The average Bonchev–Trinajstić information content (AvgIpc) is 3.27. The molecule has 2 aromatic heterocycles. The van der Waals surface area contributed by atoms with Crippen molar-refractivity contribution in [3.8, 4) is 0 Å². The van der Waals surface area contributed by atoms with Crippen LogP contribution >= 0.6 is 23.5 Å². The van der Waals surface area contributed by atoms with Crippen molar-refractivity contribution in [2.75, 3.05) is 23.0 Å². The van der Waals surface area contributed by atoms with E-state index < -0.39 is 12.2 Å². The second kappa shape index (κ2) is 11.6. The Hall–Kier alpha value is -0.960. The van der Waals surface area contributed by atoms with Crippen LogP contribution in [0.2, 0.25) is 0 Å². The number of nitrogens with zero attached hydrogens (tertiary/aromatic N) is 4. The van der Waals surface area contributed by atoms with Crippen molar-refractivity contribution in [1.82, 2.24) is 19.1 Å². The zero-order chi connectivity index (χ0) is 17.0. The predicted molar refractivity (Wildman–Crippen MR) is 100 cm³/mol. The standard InChI is InChI=1S/C16H26N4O2S2/c21-15(11-23-9-1-5-19-7-3-17-13-19)16(22)12-24-10-2-6-20-8-4-18-14-20/h3-4,7-8,13-16,21-22H,1-2,5-6,9-12H2/t15-,16+. The molecule has 0 spiro atoms. The number of aromatic nitrogens is 4. The van der Waals surface area contributed by atoms with E-state index in [4.69, 9.17) is 0 Å². The summed E-state index contributed by atoms with van der Waals surface area (Å²) in [5.74, 6) is 3.11. The van der Waals surface area contributed by atoms with E-state index in [1.165, 1.54) is 0 Å². The fourth-order valence-corrected chi connectivity index (χ4v) is 4.09. The first kappa shape index (κ1) is 19.4. The van der Waals surface area contributed by atoms with E-state index in [9.17, 15) is 10.2 Å². The molecule has 0 saturated carbocycles. The highest BCUT2D eigenvalue weighted by molar-refractivity contribution is 7.99. The maximum atomic E-state index is 10.00. The summed E-state index contributed by atoms with van der Waals surface area (Å²) in [6.45, 7) is 1.89. The molecule has 0 fully saturated rings. The highest BCUT2D eigenvalue weighted by atomic mass is 32.2. The Labute approximate surface area is 151 Å². The fourth-order valence-electron chi connectivity index (χ4n) is 2.17. The minimum Gasteiger partial charge on any atom is -0.390 e. The van der Waals surface area contributed by atoms with Crippen LogP contribution in [0.5, 0.6) is 0 Å². The number of hydrogen-bond donors (Lipinski definition) is 2. The average molecular weight is 371 g/mol. The Bertz CT molecular complexity index is 474. The van der Waals surface area contributed by atoms with Crippen molar-refractivity contribution < 1.29 is 10.2 Å². The minimum atomic E-state index is -0.649. The Morgan fingerprint density at radius 2 is 1.25 bits per heavy atom. The highest BCUT2D eigenvalue weighted by Gasteiger charge is 2.15. The molecule has 24 heavy (non-hydrogen) atoms. The number of aliphatic hydroxyl groups excluding tert-OH is 2. The molecule has 0 amide bonds. The second-order valence-corrected chi connectivity index (χ2v) is 7.89. The monoisotopic (exact) mass is 370 g/mol. The smallest absolute Gasteiger partial charge is 0.0945 e. The molecular formula is C16H26N4O2S2. The molecule has 2 N–H and O–H groups in total. The van der Waals surface area contributed by atoms with Gasteiger partial charge in [0, 0.05) is 49.4 Å². The second-order valence-electron chi connectivity index (χ2n) is 5.59. The first-order valence-electron chi connectivity index (χ1n) is 8.19. The van der Waals surface area contributed by atoms with E-state index in [1.807, 2.05) is 34.2 Å². The topological polar surface area (TPSA) is 76.1 Å². The van der Waals surface area contributed by atoms with Crippen LogP contribution in [0.1, 0.15) is 12.8 Å². The molecule has 0 aliphatic rings. The number of aliphatic hydroxyl groups is 2. The first-order valence-corrected chi connectivity index (χ1v) is 10.5. The molecule has 0 saturated heterocycles. The van der Waals surface area contributed by atoms with Crippen LogP contribution in [-0.4, -0.2) is 64.5 Å². The van der Waals surface area contributed by atoms with Crippen LogP contribution in [0.25, 0.3) is 0 Å². The van der Waals surface area contributed by atoms with Gasteiger partial charge in [0.25, 0.3) is 0 Å². The van der Waals surface area contributed by atoms with Gasteiger partial charge in [0.15, 0.2) is 0 Å². The number of aryl methyl sites for hydroxylation is 2. The molecule has 2 aromatic rings. The highest BCUT2D eigenvalue weighted by Crippen LogP contribution is 2.13. The molecule has 0 aliphatic heterocycles. The predicted octanol–water partition coefficient (Wildman–Crippen LogP) is 1.75. The van der Waals surface area contributed by atoms with Crippen molar-refractivity contribution in [1.29, 1.82) is 0 Å². The Morgan fingerprint density at radius 1 is 0.792 bits per heavy atom. The van der Waals surface area contributed by atoms with E-state index in [-0.39, 0.29) is 0 Å². The summed E-state index contributed by atoms with van der Waals surface area (Å²) in [5.41, 5.74) is 0. The third-order valence-electron chi connectivity index (χ3n) is 3.55. The number of thioether (sulfide) groups is 2. The van der Waals surface area contributed by atoms with E-state index in [1.54, 1.807) is 35.9 Å². The first-order chi connectivity index (χ1) is 11.8. The molecule has 0 aliphatic carbocycles. The van der Waals surface area contributed by atoms with Gasteiger partial charge < -0.3 is 19.3 Å².